The average molecular weight is 294 g/mol. The van der Waals surface area contributed by atoms with Crippen molar-refractivity contribution in [3.63, 3.8) is 0 Å². The third-order valence-electron chi connectivity index (χ3n) is 4.66. The normalized spacial score (nSPS) is 17.3. The van der Waals surface area contributed by atoms with Crippen molar-refractivity contribution in [3.05, 3.63) is 60.2 Å². The van der Waals surface area contributed by atoms with E-state index in [0.717, 1.165) is 6.54 Å². The summed E-state index contributed by atoms with van der Waals surface area (Å²) in [5.74, 6) is 0. The molecule has 1 saturated heterocycles. The number of likely N-dealkylation sites (N-methyl/N-ethyl adjacent to an activating group) is 1. The Labute approximate surface area is 134 Å². The highest BCUT2D eigenvalue weighted by Crippen LogP contribution is 2.23. The average Bonchev–Trinajstić information content (AvgIpc) is 2.61. The van der Waals surface area contributed by atoms with Crippen LogP contribution in [0.25, 0.3) is 11.1 Å². The summed E-state index contributed by atoms with van der Waals surface area (Å²) in [6, 6.07) is 20.0. The number of piperidine rings is 1. The van der Waals surface area contributed by atoms with Crippen molar-refractivity contribution in [2.75, 3.05) is 26.7 Å². The summed E-state index contributed by atoms with van der Waals surface area (Å²) in [4.78, 5) is 2.59. The molecule has 0 radical (unpaired) electrons. The van der Waals surface area contributed by atoms with E-state index >= 15 is 0 Å². The molecular weight excluding hydrogens is 268 g/mol. The van der Waals surface area contributed by atoms with Gasteiger partial charge in [-0.1, -0.05) is 61.0 Å². The first-order valence-corrected chi connectivity index (χ1v) is 8.42. The molecule has 1 N–H and O–H groups in total. The first-order valence-electron chi connectivity index (χ1n) is 8.42. The zero-order valence-electron chi connectivity index (χ0n) is 13.5. The molecule has 1 aliphatic rings. The van der Waals surface area contributed by atoms with Crippen molar-refractivity contribution in [3.8, 4) is 11.1 Å². The minimum absolute atomic E-state index is 0.419. The van der Waals surface area contributed by atoms with Gasteiger partial charge in [-0.3, -0.25) is 0 Å². The second-order valence-electron chi connectivity index (χ2n) is 6.19. The fraction of sp³-hybridized carbons (Fsp3) is 0.400. The molecule has 1 aliphatic heterocycles. The van der Waals surface area contributed by atoms with Crippen LogP contribution >= 0.6 is 0 Å². The van der Waals surface area contributed by atoms with Crippen LogP contribution < -0.4 is 5.32 Å². The lowest BCUT2D eigenvalue weighted by atomic mass is 10.00. The Bertz CT molecular complexity index is 556. The quantitative estimate of drug-likeness (QED) is 0.893. The van der Waals surface area contributed by atoms with Crippen LogP contribution in [0, 0.1) is 0 Å². The molecular formula is C20H26N2. The lowest BCUT2D eigenvalue weighted by Crippen LogP contribution is -2.37. The van der Waals surface area contributed by atoms with Crippen LogP contribution in [-0.4, -0.2) is 31.6 Å². The maximum absolute atomic E-state index is 3.48. The summed E-state index contributed by atoms with van der Waals surface area (Å²) in [7, 11) is 2.07. The second kappa shape index (κ2) is 7.57. The molecule has 3 rings (SSSR count). The van der Waals surface area contributed by atoms with Gasteiger partial charge >= 0.3 is 0 Å². The highest BCUT2D eigenvalue weighted by atomic mass is 15.1. The third kappa shape index (κ3) is 3.76. The number of rotatable bonds is 5. The van der Waals surface area contributed by atoms with Crippen molar-refractivity contribution >= 4 is 0 Å². The zero-order chi connectivity index (χ0) is 15.2. The third-order valence-corrected chi connectivity index (χ3v) is 4.66. The van der Waals surface area contributed by atoms with E-state index in [1.165, 1.54) is 49.0 Å². The van der Waals surface area contributed by atoms with E-state index in [1.807, 2.05) is 0 Å². The standard InChI is InChI=1S/C20H26N2/c1-21-20(16-22-14-6-3-7-15-22)19-12-10-18(11-13-19)17-8-4-2-5-9-17/h2,4-5,8-13,20-21H,3,6-7,14-16H2,1H3/t20-/m1/s1. The molecule has 116 valence electrons. The van der Waals surface area contributed by atoms with Gasteiger partial charge in [0.1, 0.15) is 0 Å². The van der Waals surface area contributed by atoms with Crippen LogP contribution in [0.3, 0.4) is 0 Å². The van der Waals surface area contributed by atoms with Gasteiger partial charge in [0, 0.05) is 12.6 Å². The highest BCUT2D eigenvalue weighted by Gasteiger charge is 2.16. The van der Waals surface area contributed by atoms with Gasteiger partial charge in [-0.25, -0.2) is 0 Å². The number of likely N-dealkylation sites (tertiary alicyclic amines) is 1. The van der Waals surface area contributed by atoms with Crippen LogP contribution in [0.4, 0.5) is 0 Å². The molecule has 0 aromatic heterocycles. The van der Waals surface area contributed by atoms with E-state index in [0.29, 0.717) is 6.04 Å². The van der Waals surface area contributed by atoms with Gasteiger partial charge in [-0.15, -0.1) is 0 Å². The zero-order valence-corrected chi connectivity index (χ0v) is 13.5. The molecule has 2 nitrogen and oxygen atoms in total. The first kappa shape index (κ1) is 15.3. The van der Waals surface area contributed by atoms with E-state index in [1.54, 1.807) is 0 Å². The number of hydrogen-bond donors (Lipinski definition) is 1. The molecule has 0 spiro atoms. The van der Waals surface area contributed by atoms with Gasteiger partial charge < -0.3 is 10.2 Å². The van der Waals surface area contributed by atoms with Gasteiger partial charge in [0.05, 0.1) is 0 Å². The Kier molecular flexibility index (Phi) is 5.25. The molecule has 22 heavy (non-hydrogen) atoms. The predicted octanol–water partition coefficient (Wildman–Crippen LogP) is 4.10. The molecule has 1 atom stereocenters. The Balaban J connectivity index is 1.70. The molecule has 1 heterocycles. The lowest BCUT2D eigenvalue weighted by molar-refractivity contribution is 0.208. The number of benzene rings is 2. The summed E-state index contributed by atoms with van der Waals surface area (Å²) in [5.41, 5.74) is 3.95. The van der Waals surface area contributed by atoms with Gasteiger partial charge in [-0.05, 0) is 49.7 Å². The van der Waals surface area contributed by atoms with Crippen LogP contribution in [-0.2, 0) is 0 Å². The molecule has 0 aliphatic carbocycles. The predicted molar refractivity (Wildman–Crippen MR) is 94.0 cm³/mol. The summed E-state index contributed by atoms with van der Waals surface area (Å²) in [6.07, 6.45) is 4.10. The van der Waals surface area contributed by atoms with E-state index in [2.05, 4.69) is 71.9 Å². The fourth-order valence-electron chi connectivity index (χ4n) is 3.30. The largest absolute Gasteiger partial charge is 0.312 e. The van der Waals surface area contributed by atoms with Crippen molar-refractivity contribution in [1.29, 1.82) is 0 Å². The van der Waals surface area contributed by atoms with Crippen molar-refractivity contribution in [2.24, 2.45) is 0 Å². The Morgan fingerprint density at radius 1 is 0.864 bits per heavy atom. The maximum atomic E-state index is 3.48. The van der Waals surface area contributed by atoms with Gasteiger partial charge in [0.2, 0.25) is 0 Å². The second-order valence-corrected chi connectivity index (χ2v) is 6.19. The van der Waals surface area contributed by atoms with Crippen molar-refractivity contribution in [1.82, 2.24) is 10.2 Å². The Hall–Kier alpha value is -1.64. The molecule has 2 aromatic carbocycles. The SMILES string of the molecule is CN[C@H](CN1CCCCC1)c1ccc(-c2ccccc2)cc1. The molecule has 0 bridgehead atoms. The summed E-state index contributed by atoms with van der Waals surface area (Å²) >= 11 is 0. The highest BCUT2D eigenvalue weighted by molar-refractivity contribution is 5.63. The van der Waals surface area contributed by atoms with Crippen LogP contribution in [0.2, 0.25) is 0 Å². The number of nitrogens with one attached hydrogen (secondary N) is 1. The summed E-state index contributed by atoms with van der Waals surface area (Å²) < 4.78 is 0. The van der Waals surface area contributed by atoms with Crippen molar-refractivity contribution < 1.29 is 0 Å². The minimum atomic E-state index is 0.419. The molecule has 1 fully saturated rings. The van der Waals surface area contributed by atoms with Gasteiger partial charge in [0.25, 0.3) is 0 Å². The van der Waals surface area contributed by atoms with Gasteiger partial charge in [0.15, 0.2) is 0 Å². The smallest absolute Gasteiger partial charge is 0.0446 e. The fourth-order valence-corrected chi connectivity index (χ4v) is 3.30. The lowest BCUT2D eigenvalue weighted by Gasteiger charge is -2.30. The van der Waals surface area contributed by atoms with Crippen LogP contribution in [0.1, 0.15) is 30.9 Å². The van der Waals surface area contributed by atoms with E-state index in [-0.39, 0.29) is 0 Å². The van der Waals surface area contributed by atoms with Gasteiger partial charge in [-0.2, -0.15) is 0 Å². The van der Waals surface area contributed by atoms with E-state index < -0.39 is 0 Å². The molecule has 2 heteroatoms. The molecule has 0 amide bonds. The Morgan fingerprint density at radius 3 is 2.14 bits per heavy atom. The topological polar surface area (TPSA) is 15.3 Å². The number of hydrogen-bond acceptors (Lipinski definition) is 2. The Morgan fingerprint density at radius 2 is 1.50 bits per heavy atom. The summed E-state index contributed by atoms with van der Waals surface area (Å²) in [5, 5.41) is 3.48. The van der Waals surface area contributed by atoms with Crippen LogP contribution in [0.5, 0.6) is 0 Å². The van der Waals surface area contributed by atoms with E-state index in [4.69, 9.17) is 0 Å². The summed E-state index contributed by atoms with van der Waals surface area (Å²) in [6.45, 7) is 3.61. The van der Waals surface area contributed by atoms with Crippen LogP contribution in [0.15, 0.2) is 54.6 Å². The number of nitrogens with zero attached hydrogens (tertiary/aromatic N) is 1. The molecule has 0 unspecified atom stereocenters. The minimum Gasteiger partial charge on any atom is -0.312 e. The maximum Gasteiger partial charge on any atom is 0.0446 e. The first-order chi connectivity index (χ1) is 10.9. The monoisotopic (exact) mass is 294 g/mol. The molecule has 2 aromatic rings. The molecule has 0 saturated carbocycles. The van der Waals surface area contributed by atoms with E-state index in [9.17, 15) is 0 Å². The van der Waals surface area contributed by atoms with Crippen molar-refractivity contribution in [2.45, 2.75) is 25.3 Å².